The van der Waals surface area contributed by atoms with E-state index in [1.54, 1.807) is 18.6 Å². The Morgan fingerprint density at radius 1 is 0.594 bits per heavy atom. The number of nitrogens with one attached hydrogen (secondary N) is 3. The highest BCUT2D eigenvalue weighted by atomic mass is 19.1. The zero-order chi connectivity index (χ0) is 48.0. The zero-order valence-electron chi connectivity index (χ0n) is 39.3. The molecular formula is C50H58F4N12O3. The van der Waals surface area contributed by atoms with Crippen LogP contribution in [0.3, 0.4) is 0 Å². The number of hydrogen-bond acceptors (Lipinski definition) is 14. The fourth-order valence-corrected chi connectivity index (χ4v) is 9.40. The number of nitrogens with zero attached hydrogens (tertiary/aromatic N) is 9. The average molecular weight is 951 g/mol. The molecule has 0 aliphatic carbocycles. The van der Waals surface area contributed by atoms with Crippen molar-refractivity contribution in [2.75, 3.05) is 135 Å². The van der Waals surface area contributed by atoms with E-state index < -0.39 is 23.3 Å². The summed E-state index contributed by atoms with van der Waals surface area (Å²) in [4.78, 5) is 41.0. The minimum Gasteiger partial charge on any atom is -0.378 e. The number of fused-ring (bicyclic) bond motifs is 2. The van der Waals surface area contributed by atoms with E-state index in [-0.39, 0.29) is 22.2 Å². The van der Waals surface area contributed by atoms with Gasteiger partial charge in [-0.3, -0.25) is 14.8 Å². The summed E-state index contributed by atoms with van der Waals surface area (Å²) in [6, 6.07) is 8.31. The molecule has 15 nitrogen and oxygen atoms in total. The van der Waals surface area contributed by atoms with E-state index >= 15 is 4.39 Å². The average Bonchev–Trinajstić information content (AvgIpc) is 3.36. The molecule has 10 rings (SSSR count). The normalized spacial score (nSPS) is 16.7. The summed E-state index contributed by atoms with van der Waals surface area (Å²) < 4.78 is 69.2. The van der Waals surface area contributed by atoms with Crippen LogP contribution in [0.15, 0.2) is 61.2 Å². The summed E-state index contributed by atoms with van der Waals surface area (Å²) in [6.45, 7) is 17.2. The SMILES string of the molecule is CCCC(=O)N1CCN(c2nc3cc(F)cc(F)c3c(Nc3cncc(N4CCOCC4)c3)c2C)CC1.Cc1c(N2CCNCC2)nc2cc(F)cc(F)c2c1Nc1cncc(N2CCOCC2)c1. The number of hydrogen-bond donors (Lipinski definition) is 3. The first kappa shape index (κ1) is 47.5. The predicted molar refractivity (Wildman–Crippen MR) is 263 cm³/mol. The lowest BCUT2D eigenvalue weighted by molar-refractivity contribution is -0.131. The molecule has 0 spiro atoms. The second-order valence-electron chi connectivity index (χ2n) is 17.6. The van der Waals surface area contributed by atoms with Crippen molar-refractivity contribution in [1.82, 2.24) is 30.2 Å². The van der Waals surface area contributed by atoms with Gasteiger partial charge in [-0.05, 0) is 32.4 Å². The summed E-state index contributed by atoms with van der Waals surface area (Å²) in [7, 11) is 0. The molecular weight excluding hydrogens is 893 g/mol. The summed E-state index contributed by atoms with van der Waals surface area (Å²) >= 11 is 0. The van der Waals surface area contributed by atoms with E-state index in [4.69, 9.17) is 9.47 Å². The second-order valence-corrected chi connectivity index (χ2v) is 17.6. The smallest absolute Gasteiger partial charge is 0.222 e. The highest BCUT2D eigenvalue weighted by Crippen LogP contribution is 2.39. The third-order valence-electron chi connectivity index (χ3n) is 13.0. The van der Waals surface area contributed by atoms with Crippen LogP contribution in [-0.4, -0.2) is 136 Å². The Balaban J connectivity index is 0.000000174. The van der Waals surface area contributed by atoms with Gasteiger partial charge < -0.3 is 49.9 Å². The van der Waals surface area contributed by atoms with Crippen molar-refractivity contribution in [1.29, 1.82) is 0 Å². The molecule has 4 aliphatic rings. The quantitative estimate of drug-likeness (QED) is 0.117. The molecule has 19 heteroatoms. The van der Waals surface area contributed by atoms with Gasteiger partial charge in [0, 0.05) is 120 Å². The first-order valence-electron chi connectivity index (χ1n) is 23.7. The Hall–Kier alpha value is -6.57. The summed E-state index contributed by atoms with van der Waals surface area (Å²) in [5.41, 5.74) is 6.58. The minimum absolute atomic E-state index is 0.157. The number of aromatic nitrogens is 4. The molecule has 0 atom stereocenters. The first-order chi connectivity index (χ1) is 33.5. The predicted octanol–water partition coefficient (Wildman–Crippen LogP) is 7.45. The van der Waals surface area contributed by atoms with E-state index in [1.165, 1.54) is 12.1 Å². The number of carbonyl (C=O) groups excluding carboxylic acids is 1. The zero-order valence-corrected chi connectivity index (χ0v) is 39.3. The monoisotopic (exact) mass is 950 g/mol. The van der Waals surface area contributed by atoms with Crippen LogP contribution < -0.4 is 35.6 Å². The van der Waals surface area contributed by atoms with Gasteiger partial charge in [-0.1, -0.05) is 6.92 Å². The molecule has 69 heavy (non-hydrogen) atoms. The van der Waals surface area contributed by atoms with Gasteiger partial charge >= 0.3 is 0 Å². The molecule has 4 saturated heterocycles. The number of ether oxygens (including phenoxy) is 2. The number of piperazine rings is 2. The van der Waals surface area contributed by atoms with Crippen molar-refractivity contribution in [2.24, 2.45) is 0 Å². The maximum atomic E-state index is 15.1. The molecule has 2 aromatic carbocycles. The number of amides is 1. The van der Waals surface area contributed by atoms with Gasteiger partial charge in [-0.2, -0.15) is 0 Å². The van der Waals surface area contributed by atoms with Gasteiger partial charge in [0.05, 0.1) is 107 Å². The molecule has 6 aromatic rings. The van der Waals surface area contributed by atoms with Crippen LogP contribution in [0, 0.1) is 37.1 Å². The number of anilines is 8. The molecule has 4 aromatic heterocycles. The Labute approximate surface area is 398 Å². The van der Waals surface area contributed by atoms with Crippen molar-refractivity contribution in [2.45, 2.75) is 33.6 Å². The second kappa shape index (κ2) is 21.4. The minimum atomic E-state index is -0.677. The van der Waals surface area contributed by atoms with Crippen LogP contribution in [0.2, 0.25) is 0 Å². The summed E-state index contributed by atoms with van der Waals surface area (Å²) in [5.74, 6) is -1.08. The van der Waals surface area contributed by atoms with Crippen LogP contribution in [0.1, 0.15) is 30.9 Å². The fourth-order valence-electron chi connectivity index (χ4n) is 9.40. The number of pyridine rings is 4. The fraction of sp³-hybridized carbons (Fsp3) is 0.420. The molecule has 0 bridgehead atoms. The van der Waals surface area contributed by atoms with E-state index in [9.17, 15) is 18.0 Å². The van der Waals surface area contributed by atoms with Gasteiger partial charge in [0.25, 0.3) is 0 Å². The maximum Gasteiger partial charge on any atom is 0.222 e. The number of carbonyl (C=O) groups is 1. The largest absolute Gasteiger partial charge is 0.378 e. The van der Waals surface area contributed by atoms with Crippen molar-refractivity contribution in [3.05, 3.63) is 95.6 Å². The Morgan fingerprint density at radius 3 is 1.49 bits per heavy atom. The number of morpholine rings is 2. The van der Waals surface area contributed by atoms with E-state index in [1.807, 2.05) is 44.0 Å². The molecule has 0 saturated carbocycles. The Morgan fingerprint density at radius 2 is 1.04 bits per heavy atom. The molecule has 4 aliphatic heterocycles. The lowest BCUT2D eigenvalue weighted by Gasteiger charge is -2.36. The third kappa shape index (κ3) is 10.7. The highest BCUT2D eigenvalue weighted by Gasteiger charge is 2.27. The van der Waals surface area contributed by atoms with Crippen LogP contribution in [0.4, 0.5) is 63.3 Å². The standard InChI is InChI=1S/C27H32F2N6O2.C23H26F2N6O/c1-3-4-24(36)34-5-7-35(8-6-34)27-18(2)26(25-22(29)13-19(28)14-23(25)32-27)31-20-15-21(17-30-16-20)33-9-11-37-12-10-33;1-15-22(28-17-12-18(14-27-13-17)30-6-8-32-9-7-30)21-19(25)10-16(24)11-20(21)29-23(15)31-4-2-26-3-5-31/h13-17H,3-12H2,1-2H3,(H,31,32);10-14,26H,2-9H2,1H3,(H,28,29). The van der Waals surface area contributed by atoms with Crippen molar-refractivity contribution in [3.8, 4) is 0 Å². The van der Waals surface area contributed by atoms with E-state index in [0.29, 0.717) is 87.4 Å². The lowest BCUT2D eigenvalue weighted by Crippen LogP contribution is -2.49. The molecule has 364 valence electrons. The third-order valence-corrected chi connectivity index (χ3v) is 13.0. The van der Waals surface area contributed by atoms with Gasteiger partial charge in [0.2, 0.25) is 5.91 Å². The van der Waals surface area contributed by atoms with Gasteiger partial charge in [0.15, 0.2) is 0 Å². The van der Waals surface area contributed by atoms with Crippen molar-refractivity contribution in [3.63, 3.8) is 0 Å². The van der Waals surface area contributed by atoms with Crippen molar-refractivity contribution >= 4 is 73.5 Å². The van der Waals surface area contributed by atoms with Crippen LogP contribution in [0.25, 0.3) is 21.8 Å². The number of rotatable bonds is 10. The Bertz CT molecular complexity index is 2800. The molecule has 8 heterocycles. The number of benzene rings is 2. The van der Waals surface area contributed by atoms with Crippen LogP contribution in [-0.2, 0) is 14.3 Å². The lowest BCUT2D eigenvalue weighted by atomic mass is 10.1. The van der Waals surface area contributed by atoms with Crippen LogP contribution >= 0.6 is 0 Å². The van der Waals surface area contributed by atoms with Gasteiger partial charge in [-0.25, -0.2) is 27.5 Å². The van der Waals surface area contributed by atoms with Crippen molar-refractivity contribution < 1.29 is 31.8 Å². The molecule has 0 unspecified atom stereocenters. The van der Waals surface area contributed by atoms with E-state index in [0.717, 1.165) is 105 Å². The molecule has 4 fully saturated rings. The van der Waals surface area contributed by atoms with Gasteiger partial charge in [-0.15, -0.1) is 0 Å². The highest BCUT2D eigenvalue weighted by molar-refractivity contribution is 5.99. The maximum absolute atomic E-state index is 15.1. The summed E-state index contributed by atoms with van der Waals surface area (Å²) in [5, 5.41) is 10.6. The van der Waals surface area contributed by atoms with E-state index in [2.05, 4.69) is 55.5 Å². The number of halogens is 4. The molecule has 3 N–H and O–H groups in total. The summed E-state index contributed by atoms with van der Waals surface area (Å²) in [6.07, 6.45) is 8.37. The topological polar surface area (TPSA) is 139 Å². The van der Waals surface area contributed by atoms with Crippen LogP contribution in [0.5, 0.6) is 0 Å². The van der Waals surface area contributed by atoms with Gasteiger partial charge in [0.1, 0.15) is 34.9 Å². The Kier molecular flexibility index (Phi) is 14.7. The molecule has 1 amide bonds. The molecule has 0 radical (unpaired) electrons. The first-order valence-corrected chi connectivity index (χ1v) is 23.7.